The number of hydrazone groups is 1. The van der Waals surface area contributed by atoms with Gasteiger partial charge in [-0.05, 0) is 24.3 Å². The average Bonchev–Trinajstić information content (AvgIpc) is 2.86. The number of rotatable bonds is 3. The lowest BCUT2D eigenvalue weighted by atomic mass is 10.2. The molecule has 0 aliphatic rings. The van der Waals surface area contributed by atoms with Crippen LogP contribution in [0.25, 0.3) is 10.1 Å². The summed E-state index contributed by atoms with van der Waals surface area (Å²) in [7, 11) is 0. The molecule has 3 aromatic rings. The predicted octanol–water partition coefficient (Wildman–Crippen LogP) is 6.93. The van der Waals surface area contributed by atoms with Gasteiger partial charge in [-0.1, -0.05) is 64.1 Å². The van der Waals surface area contributed by atoms with Gasteiger partial charge in [0, 0.05) is 25.7 Å². The minimum Gasteiger partial charge on any atom is -0.266 e. The quantitative estimate of drug-likeness (QED) is 0.340. The molecule has 0 aliphatic carbocycles. The van der Waals surface area contributed by atoms with E-state index in [1.165, 1.54) is 17.6 Å². The van der Waals surface area contributed by atoms with Gasteiger partial charge in [-0.15, -0.1) is 11.3 Å². The van der Waals surface area contributed by atoms with Crippen LogP contribution in [-0.2, 0) is 0 Å². The summed E-state index contributed by atoms with van der Waals surface area (Å²) in [5.41, 5.74) is 3.03. The Bertz CT molecular complexity index is 1020. The van der Waals surface area contributed by atoms with Gasteiger partial charge in [-0.2, -0.15) is 5.10 Å². The number of benzene rings is 2. The maximum Gasteiger partial charge on any atom is 0.283 e. The van der Waals surface area contributed by atoms with Crippen LogP contribution in [0.2, 0.25) is 25.1 Å². The summed E-state index contributed by atoms with van der Waals surface area (Å²) in [6.45, 7) is 0. The average molecular weight is 453 g/mol. The number of halogens is 5. The standard InChI is InChI=1S/C16H7Cl5N2OS/c17-8-2-1-7(10(19)3-8)6-22-23-16(24)15-14(21)13-11(20)4-9(18)5-12(13)25-15/h1-6H,(H,23,24)/b22-6+. The van der Waals surface area contributed by atoms with E-state index in [1.54, 1.807) is 30.3 Å². The summed E-state index contributed by atoms with van der Waals surface area (Å²) in [5, 5.41) is 6.54. The van der Waals surface area contributed by atoms with Gasteiger partial charge >= 0.3 is 0 Å². The van der Waals surface area contributed by atoms with Crippen LogP contribution in [0.15, 0.2) is 35.4 Å². The summed E-state index contributed by atoms with van der Waals surface area (Å²) >= 11 is 31.5. The van der Waals surface area contributed by atoms with Gasteiger partial charge in [0.15, 0.2) is 0 Å². The highest BCUT2D eigenvalue weighted by atomic mass is 35.5. The molecule has 128 valence electrons. The van der Waals surface area contributed by atoms with E-state index in [1.807, 2.05) is 0 Å². The Morgan fingerprint density at radius 3 is 2.44 bits per heavy atom. The lowest BCUT2D eigenvalue weighted by molar-refractivity contribution is 0.0959. The highest BCUT2D eigenvalue weighted by molar-refractivity contribution is 7.21. The van der Waals surface area contributed by atoms with Gasteiger partial charge in [0.25, 0.3) is 5.91 Å². The molecule has 3 nitrogen and oxygen atoms in total. The number of hydrogen-bond acceptors (Lipinski definition) is 3. The zero-order chi connectivity index (χ0) is 18.1. The fourth-order valence-corrected chi connectivity index (χ4v) is 4.80. The molecule has 1 amide bonds. The van der Waals surface area contributed by atoms with E-state index in [0.29, 0.717) is 35.9 Å². The van der Waals surface area contributed by atoms with Gasteiger partial charge in [0.1, 0.15) is 4.88 Å². The first kappa shape index (κ1) is 18.8. The van der Waals surface area contributed by atoms with E-state index in [9.17, 15) is 4.79 Å². The lowest BCUT2D eigenvalue weighted by Crippen LogP contribution is -2.16. The van der Waals surface area contributed by atoms with Crippen molar-refractivity contribution in [1.82, 2.24) is 5.43 Å². The van der Waals surface area contributed by atoms with Gasteiger partial charge in [-0.25, -0.2) is 5.43 Å². The molecule has 3 rings (SSSR count). The first-order valence-electron chi connectivity index (χ1n) is 6.72. The third-order valence-electron chi connectivity index (χ3n) is 3.19. The van der Waals surface area contributed by atoms with E-state index in [-0.39, 0.29) is 5.02 Å². The van der Waals surface area contributed by atoms with Gasteiger partial charge in [0.2, 0.25) is 0 Å². The minimum atomic E-state index is -0.459. The number of amides is 1. The monoisotopic (exact) mass is 450 g/mol. The molecule has 25 heavy (non-hydrogen) atoms. The van der Waals surface area contributed by atoms with Crippen LogP contribution in [0, 0.1) is 0 Å². The maximum absolute atomic E-state index is 12.3. The van der Waals surface area contributed by atoms with Crippen LogP contribution < -0.4 is 5.43 Å². The van der Waals surface area contributed by atoms with Crippen LogP contribution in [-0.4, -0.2) is 12.1 Å². The van der Waals surface area contributed by atoms with Crippen LogP contribution in [0.3, 0.4) is 0 Å². The highest BCUT2D eigenvalue weighted by Gasteiger charge is 2.19. The van der Waals surface area contributed by atoms with Crippen molar-refractivity contribution in [1.29, 1.82) is 0 Å². The Morgan fingerprint density at radius 1 is 1.00 bits per heavy atom. The van der Waals surface area contributed by atoms with E-state index in [2.05, 4.69) is 10.5 Å². The first-order chi connectivity index (χ1) is 11.9. The molecule has 0 aliphatic heterocycles. The predicted molar refractivity (Wildman–Crippen MR) is 108 cm³/mol. The van der Waals surface area contributed by atoms with Crippen LogP contribution in [0.5, 0.6) is 0 Å². The van der Waals surface area contributed by atoms with Crippen molar-refractivity contribution in [2.75, 3.05) is 0 Å². The van der Waals surface area contributed by atoms with Crippen molar-refractivity contribution >= 4 is 91.5 Å². The molecular weight excluding hydrogens is 446 g/mol. The fourth-order valence-electron chi connectivity index (χ4n) is 2.08. The zero-order valence-corrected chi connectivity index (χ0v) is 16.7. The third kappa shape index (κ3) is 4.05. The van der Waals surface area contributed by atoms with E-state index < -0.39 is 5.91 Å². The second-order valence-corrected chi connectivity index (χ2v) is 7.99. The molecule has 0 saturated heterocycles. The van der Waals surface area contributed by atoms with Crippen molar-refractivity contribution < 1.29 is 4.79 Å². The Balaban J connectivity index is 1.84. The molecule has 0 bridgehead atoms. The van der Waals surface area contributed by atoms with Gasteiger partial charge < -0.3 is 0 Å². The second-order valence-electron chi connectivity index (χ2n) is 4.87. The summed E-state index contributed by atoms with van der Waals surface area (Å²) in [6, 6.07) is 8.22. The van der Waals surface area contributed by atoms with Crippen molar-refractivity contribution in [2.24, 2.45) is 5.10 Å². The van der Waals surface area contributed by atoms with Crippen LogP contribution >= 0.6 is 69.3 Å². The SMILES string of the molecule is O=C(N/N=C/c1ccc(Cl)cc1Cl)c1sc2cc(Cl)cc(Cl)c2c1Cl. The third-order valence-corrected chi connectivity index (χ3v) is 5.89. The number of nitrogens with zero attached hydrogens (tertiary/aromatic N) is 1. The topological polar surface area (TPSA) is 41.5 Å². The molecule has 1 N–H and O–H groups in total. The number of fused-ring (bicyclic) bond motifs is 1. The molecule has 0 atom stereocenters. The highest BCUT2D eigenvalue weighted by Crippen LogP contribution is 2.41. The summed E-state index contributed by atoms with van der Waals surface area (Å²) in [4.78, 5) is 12.6. The molecule has 0 fully saturated rings. The zero-order valence-electron chi connectivity index (χ0n) is 12.1. The first-order valence-corrected chi connectivity index (χ1v) is 9.43. The summed E-state index contributed by atoms with van der Waals surface area (Å²) in [6.07, 6.45) is 1.42. The Kier molecular flexibility index (Phi) is 5.78. The van der Waals surface area contributed by atoms with E-state index in [0.717, 1.165) is 4.70 Å². The van der Waals surface area contributed by atoms with Gasteiger partial charge in [-0.3, -0.25) is 4.79 Å². The van der Waals surface area contributed by atoms with Crippen molar-refractivity contribution in [2.45, 2.75) is 0 Å². The molecule has 2 aromatic carbocycles. The molecule has 9 heteroatoms. The number of hydrogen-bond donors (Lipinski definition) is 1. The molecule has 0 unspecified atom stereocenters. The molecule has 1 aromatic heterocycles. The minimum absolute atomic E-state index is 0.263. The summed E-state index contributed by atoms with van der Waals surface area (Å²) < 4.78 is 0.720. The van der Waals surface area contributed by atoms with Crippen molar-refractivity contribution in [3.8, 4) is 0 Å². The largest absolute Gasteiger partial charge is 0.283 e. The van der Waals surface area contributed by atoms with Crippen LogP contribution in [0.1, 0.15) is 15.2 Å². The van der Waals surface area contributed by atoms with E-state index in [4.69, 9.17) is 58.0 Å². The molecule has 0 spiro atoms. The van der Waals surface area contributed by atoms with E-state index >= 15 is 0 Å². The molecular formula is C16H7Cl5N2OS. The number of nitrogens with one attached hydrogen (secondary N) is 1. The molecule has 0 radical (unpaired) electrons. The van der Waals surface area contributed by atoms with Crippen LogP contribution in [0.4, 0.5) is 0 Å². The number of thiophene rings is 1. The van der Waals surface area contributed by atoms with Crippen molar-refractivity contribution in [3.63, 3.8) is 0 Å². The summed E-state index contributed by atoms with van der Waals surface area (Å²) in [5.74, 6) is -0.459. The smallest absolute Gasteiger partial charge is 0.266 e. The van der Waals surface area contributed by atoms with Gasteiger partial charge in [0.05, 0.1) is 21.3 Å². The maximum atomic E-state index is 12.3. The normalized spacial score (nSPS) is 11.4. The Labute approximate surface area is 172 Å². The molecule has 1 heterocycles. The number of carbonyl (C=O) groups is 1. The number of carbonyl (C=O) groups excluding carboxylic acids is 1. The molecule has 0 saturated carbocycles. The second kappa shape index (κ2) is 7.70. The lowest BCUT2D eigenvalue weighted by Gasteiger charge is -2.00. The van der Waals surface area contributed by atoms with Crippen molar-refractivity contribution in [3.05, 3.63) is 65.9 Å². The Morgan fingerprint density at radius 2 is 1.72 bits per heavy atom. The fraction of sp³-hybridized carbons (Fsp3) is 0. The Hall–Kier alpha value is -1.01.